The molecule has 0 radical (unpaired) electrons. The van der Waals surface area contributed by atoms with E-state index >= 15 is 0 Å². The fourth-order valence-electron chi connectivity index (χ4n) is 6.72. The summed E-state index contributed by atoms with van der Waals surface area (Å²) in [6.45, 7) is 0. The van der Waals surface area contributed by atoms with Crippen LogP contribution in [-0.4, -0.2) is 39.6 Å². The van der Waals surface area contributed by atoms with Crippen LogP contribution in [0.15, 0.2) is 60.7 Å². The van der Waals surface area contributed by atoms with Crippen LogP contribution in [0.3, 0.4) is 0 Å². The predicted octanol–water partition coefficient (Wildman–Crippen LogP) is 8.88. The number of hydrogen-bond donors (Lipinski definition) is 0. The standard InChI is InChI=1S/C34H44NO2P/c1-35(2)32-20-13-19-30(25-22-26(36-3)24-27(23-25)37-4)34(32)31-18-11-12-21-33(31)38(28-14-7-5-8-15-28)29-16-9-6-10-17-29/h11-13,18-24,28-29H,5-10,14-17H2,1-4H3. The molecule has 0 aromatic heterocycles. The van der Waals surface area contributed by atoms with Gasteiger partial charge in [0.2, 0.25) is 0 Å². The zero-order chi connectivity index (χ0) is 26.5. The van der Waals surface area contributed by atoms with Gasteiger partial charge >= 0.3 is 0 Å². The van der Waals surface area contributed by atoms with Crippen LogP contribution in [0.1, 0.15) is 64.2 Å². The van der Waals surface area contributed by atoms with Crippen molar-refractivity contribution in [2.75, 3.05) is 33.2 Å². The van der Waals surface area contributed by atoms with Crippen LogP contribution in [0.4, 0.5) is 5.69 Å². The maximum Gasteiger partial charge on any atom is 0.123 e. The molecule has 3 aromatic carbocycles. The van der Waals surface area contributed by atoms with Gasteiger partial charge in [-0.05, 0) is 77.2 Å². The van der Waals surface area contributed by atoms with E-state index in [0.717, 1.165) is 28.4 Å². The first-order valence-corrected chi connectivity index (χ1v) is 16.0. The zero-order valence-electron chi connectivity index (χ0n) is 23.7. The van der Waals surface area contributed by atoms with Crippen molar-refractivity contribution in [1.82, 2.24) is 0 Å². The normalized spacial score (nSPS) is 17.0. The molecule has 0 saturated heterocycles. The highest BCUT2D eigenvalue weighted by molar-refractivity contribution is 7.67. The molecule has 0 bridgehead atoms. The van der Waals surface area contributed by atoms with E-state index in [-0.39, 0.29) is 7.92 Å². The molecule has 38 heavy (non-hydrogen) atoms. The number of ether oxygens (including phenoxy) is 2. The number of nitrogens with zero attached hydrogens (tertiary/aromatic N) is 1. The Morgan fingerprint density at radius 2 is 1.21 bits per heavy atom. The predicted molar refractivity (Wildman–Crippen MR) is 165 cm³/mol. The Kier molecular flexibility index (Phi) is 8.95. The Balaban J connectivity index is 1.72. The SMILES string of the molecule is COc1cc(OC)cc(-c2cccc(N(C)C)c2-c2ccccc2P(C2CCCCC2)C2CCCCC2)c1. The lowest BCUT2D eigenvalue weighted by Crippen LogP contribution is -2.27. The van der Waals surface area contributed by atoms with Crippen LogP contribution in [0.2, 0.25) is 0 Å². The molecule has 0 unspecified atom stereocenters. The van der Waals surface area contributed by atoms with Crippen molar-refractivity contribution in [2.45, 2.75) is 75.5 Å². The molecule has 0 aliphatic heterocycles. The van der Waals surface area contributed by atoms with Gasteiger partial charge < -0.3 is 14.4 Å². The lowest BCUT2D eigenvalue weighted by molar-refractivity contribution is 0.394. The van der Waals surface area contributed by atoms with Crippen molar-refractivity contribution >= 4 is 18.9 Å². The number of hydrogen-bond acceptors (Lipinski definition) is 3. The topological polar surface area (TPSA) is 21.7 Å². The molecule has 0 heterocycles. The molecule has 4 heteroatoms. The molecule has 5 rings (SSSR count). The molecule has 3 nitrogen and oxygen atoms in total. The third-order valence-electron chi connectivity index (χ3n) is 8.57. The molecule has 2 aliphatic rings. The molecular weight excluding hydrogens is 485 g/mol. The first-order chi connectivity index (χ1) is 18.6. The van der Waals surface area contributed by atoms with E-state index in [1.807, 2.05) is 6.07 Å². The smallest absolute Gasteiger partial charge is 0.123 e. The third-order valence-corrected chi connectivity index (χ3v) is 12.1. The Hall–Kier alpha value is -2.51. The number of rotatable bonds is 8. The molecule has 2 fully saturated rings. The highest BCUT2D eigenvalue weighted by atomic mass is 31.1. The van der Waals surface area contributed by atoms with Gasteiger partial charge in [-0.1, -0.05) is 82.8 Å². The van der Waals surface area contributed by atoms with Crippen molar-refractivity contribution in [2.24, 2.45) is 0 Å². The van der Waals surface area contributed by atoms with Crippen molar-refractivity contribution in [1.29, 1.82) is 0 Å². The molecule has 0 amide bonds. The highest BCUT2D eigenvalue weighted by Gasteiger charge is 2.34. The molecule has 0 spiro atoms. The molecular formula is C34H44NO2P. The van der Waals surface area contributed by atoms with E-state index in [4.69, 9.17) is 9.47 Å². The van der Waals surface area contributed by atoms with Gasteiger partial charge in [-0.3, -0.25) is 0 Å². The van der Waals surface area contributed by atoms with E-state index in [1.54, 1.807) is 19.5 Å². The van der Waals surface area contributed by atoms with Crippen LogP contribution in [0.25, 0.3) is 22.3 Å². The van der Waals surface area contributed by atoms with E-state index in [1.165, 1.54) is 86.6 Å². The number of benzene rings is 3. The lowest BCUT2D eigenvalue weighted by Gasteiger charge is -2.40. The summed E-state index contributed by atoms with van der Waals surface area (Å²) in [7, 11) is 7.56. The van der Waals surface area contributed by atoms with Crippen LogP contribution >= 0.6 is 7.92 Å². The van der Waals surface area contributed by atoms with Gasteiger partial charge in [-0.25, -0.2) is 0 Å². The third kappa shape index (κ3) is 5.74. The fraction of sp³-hybridized carbons (Fsp3) is 0.471. The summed E-state index contributed by atoms with van der Waals surface area (Å²) in [5.41, 5.74) is 8.11. The second kappa shape index (κ2) is 12.6. The highest BCUT2D eigenvalue weighted by Crippen LogP contribution is 2.57. The van der Waals surface area contributed by atoms with Crippen molar-refractivity contribution < 1.29 is 9.47 Å². The van der Waals surface area contributed by atoms with E-state index in [0.29, 0.717) is 0 Å². The van der Waals surface area contributed by atoms with Crippen molar-refractivity contribution in [3.05, 3.63) is 60.7 Å². The van der Waals surface area contributed by atoms with Gasteiger partial charge in [0.05, 0.1) is 14.2 Å². The van der Waals surface area contributed by atoms with Crippen LogP contribution in [-0.2, 0) is 0 Å². The molecule has 2 aliphatic carbocycles. The lowest BCUT2D eigenvalue weighted by atomic mass is 9.92. The number of methoxy groups -OCH3 is 2. The largest absolute Gasteiger partial charge is 0.497 e. The van der Waals surface area contributed by atoms with E-state index in [2.05, 4.69) is 73.6 Å². The Morgan fingerprint density at radius 3 is 1.76 bits per heavy atom. The quantitative estimate of drug-likeness (QED) is 0.272. The summed E-state index contributed by atoms with van der Waals surface area (Å²) in [5, 5.41) is 1.63. The molecule has 3 aromatic rings. The zero-order valence-corrected chi connectivity index (χ0v) is 24.6. The minimum absolute atomic E-state index is 0.236. The summed E-state index contributed by atoms with van der Waals surface area (Å²) in [4.78, 5) is 2.27. The van der Waals surface area contributed by atoms with Gasteiger partial charge in [-0.2, -0.15) is 0 Å². The average Bonchev–Trinajstić information content (AvgIpc) is 2.98. The monoisotopic (exact) mass is 529 g/mol. The Bertz CT molecular complexity index is 1170. The second-order valence-electron chi connectivity index (χ2n) is 11.2. The van der Waals surface area contributed by atoms with Crippen LogP contribution < -0.4 is 19.7 Å². The van der Waals surface area contributed by atoms with Crippen LogP contribution in [0.5, 0.6) is 11.5 Å². The molecule has 0 atom stereocenters. The summed E-state index contributed by atoms with van der Waals surface area (Å²) in [6.07, 6.45) is 14.1. The van der Waals surface area contributed by atoms with Crippen LogP contribution in [0, 0.1) is 0 Å². The second-order valence-corrected chi connectivity index (χ2v) is 14.0. The Morgan fingerprint density at radius 1 is 0.658 bits per heavy atom. The van der Waals surface area contributed by atoms with Crippen molar-refractivity contribution in [3.8, 4) is 33.8 Å². The van der Waals surface area contributed by atoms with Crippen molar-refractivity contribution in [3.63, 3.8) is 0 Å². The molecule has 2 saturated carbocycles. The van der Waals surface area contributed by atoms with Gasteiger partial charge in [0.15, 0.2) is 0 Å². The van der Waals surface area contributed by atoms with Gasteiger partial charge in [0, 0.05) is 31.4 Å². The minimum atomic E-state index is -0.236. The average molecular weight is 530 g/mol. The summed E-state index contributed by atoms with van der Waals surface area (Å²) >= 11 is 0. The summed E-state index contributed by atoms with van der Waals surface area (Å²) in [6, 6.07) is 22.4. The maximum atomic E-state index is 5.68. The molecule has 202 valence electrons. The van der Waals surface area contributed by atoms with Gasteiger partial charge in [-0.15, -0.1) is 0 Å². The van der Waals surface area contributed by atoms with E-state index < -0.39 is 0 Å². The van der Waals surface area contributed by atoms with E-state index in [9.17, 15) is 0 Å². The summed E-state index contributed by atoms with van der Waals surface area (Å²) in [5.74, 6) is 1.64. The fourth-order valence-corrected chi connectivity index (χ4v) is 10.7. The first-order valence-electron chi connectivity index (χ1n) is 14.5. The number of anilines is 1. The maximum absolute atomic E-state index is 5.68. The molecule has 0 N–H and O–H groups in total. The minimum Gasteiger partial charge on any atom is -0.497 e. The van der Waals surface area contributed by atoms with Gasteiger partial charge in [0.25, 0.3) is 0 Å². The van der Waals surface area contributed by atoms with Gasteiger partial charge in [0.1, 0.15) is 11.5 Å². The first kappa shape index (κ1) is 27.1. The Labute approximate surface area is 231 Å². The summed E-state index contributed by atoms with van der Waals surface area (Å²) < 4.78 is 11.4.